The molecule has 146 valence electrons. The highest BCUT2D eigenvalue weighted by Crippen LogP contribution is 2.23. The minimum atomic E-state index is -0.721. The highest BCUT2D eigenvalue weighted by molar-refractivity contribution is 5.78. The maximum atomic E-state index is 10.9. The van der Waals surface area contributed by atoms with E-state index < -0.39 is 5.97 Å². The van der Waals surface area contributed by atoms with E-state index in [1.165, 1.54) is 5.56 Å². The molecule has 0 aliphatic carbocycles. The van der Waals surface area contributed by atoms with Crippen molar-refractivity contribution in [2.45, 2.75) is 45.6 Å². The molecule has 0 radical (unpaired) electrons. The van der Waals surface area contributed by atoms with Gasteiger partial charge in [0.15, 0.2) is 0 Å². The Morgan fingerprint density at radius 1 is 1.07 bits per heavy atom. The molecule has 0 spiro atoms. The molecule has 1 N–H and O–H groups in total. The molecule has 0 amide bonds. The highest BCUT2D eigenvalue weighted by atomic mass is 16.5. The Hall–Kier alpha value is -2.88. The van der Waals surface area contributed by atoms with Gasteiger partial charge in [0.2, 0.25) is 0 Å². The second-order valence-electron chi connectivity index (χ2n) is 7.22. The summed E-state index contributed by atoms with van der Waals surface area (Å²) in [6, 6.07) is 20.2. The molecule has 1 atom stereocenters. The van der Waals surface area contributed by atoms with Crippen molar-refractivity contribution in [3.8, 4) is 5.75 Å². The third kappa shape index (κ3) is 5.81. The number of aromatic nitrogens is 1. The van der Waals surface area contributed by atoms with E-state index in [2.05, 4.69) is 30.1 Å². The summed E-state index contributed by atoms with van der Waals surface area (Å²) in [6.45, 7) is 2.57. The number of aliphatic carboxylic acids is 1. The zero-order valence-corrected chi connectivity index (χ0v) is 16.3. The van der Waals surface area contributed by atoms with Gasteiger partial charge in [-0.05, 0) is 48.6 Å². The summed E-state index contributed by atoms with van der Waals surface area (Å²) in [4.78, 5) is 15.5. The van der Waals surface area contributed by atoms with Crippen LogP contribution < -0.4 is 4.74 Å². The van der Waals surface area contributed by atoms with Crippen LogP contribution in [-0.4, -0.2) is 16.1 Å². The number of carboxylic acid groups (broad SMARTS) is 1. The largest absolute Gasteiger partial charge is 0.487 e. The van der Waals surface area contributed by atoms with E-state index >= 15 is 0 Å². The van der Waals surface area contributed by atoms with E-state index in [1.807, 2.05) is 42.5 Å². The topological polar surface area (TPSA) is 59.4 Å². The molecule has 28 heavy (non-hydrogen) atoms. The molecule has 2 aromatic carbocycles. The van der Waals surface area contributed by atoms with Crippen molar-refractivity contribution in [3.05, 3.63) is 71.9 Å². The number of benzene rings is 2. The Balaban J connectivity index is 1.62. The van der Waals surface area contributed by atoms with Gasteiger partial charge in [0.25, 0.3) is 0 Å². The van der Waals surface area contributed by atoms with Crippen LogP contribution in [0.5, 0.6) is 5.75 Å². The lowest BCUT2D eigenvalue weighted by molar-refractivity contribution is -0.137. The van der Waals surface area contributed by atoms with Gasteiger partial charge in [-0.15, -0.1) is 0 Å². The fourth-order valence-corrected chi connectivity index (χ4v) is 3.53. The van der Waals surface area contributed by atoms with Crippen molar-refractivity contribution in [1.82, 2.24) is 4.98 Å². The van der Waals surface area contributed by atoms with Crippen LogP contribution >= 0.6 is 0 Å². The monoisotopic (exact) mass is 377 g/mol. The van der Waals surface area contributed by atoms with Crippen LogP contribution in [0.25, 0.3) is 10.9 Å². The zero-order chi connectivity index (χ0) is 19.8. The molecule has 0 saturated carbocycles. The number of nitrogens with zero attached hydrogens (tertiary/aromatic N) is 1. The molecule has 0 fully saturated rings. The van der Waals surface area contributed by atoms with Gasteiger partial charge in [-0.3, -0.25) is 4.79 Å². The first-order valence-corrected chi connectivity index (χ1v) is 9.92. The number of hydrogen-bond donors (Lipinski definition) is 1. The summed E-state index contributed by atoms with van der Waals surface area (Å²) >= 11 is 0. The molecular formula is C24H27NO3. The van der Waals surface area contributed by atoms with E-state index in [0.717, 1.165) is 48.0 Å². The van der Waals surface area contributed by atoms with E-state index in [4.69, 9.17) is 9.84 Å². The number of rotatable bonds is 10. The molecule has 1 aromatic heterocycles. The van der Waals surface area contributed by atoms with E-state index in [9.17, 15) is 4.79 Å². The van der Waals surface area contributed by atoms with Crippen molar-refractivity contribution in [3.63, 3.8) is 0 Å². The number of ether oxygens (including phenoxy) is 1. The first-order valence-electron chi connectivity index (χ1n) is 9.92. The van der Waals surface area contributed by atoms with Crippen LogP contribution in [0.3, 0.4) is 0 Å². The highest BCUT2D eigenvalue weighted by Gasteiger charge is 2.12. The van der Waals surface area contributed by atoms with E-state index in [0.29, 0.717) is 12.5 Å². The van der Waals surface area contributed by atoms with Crippen LogP contribution in [0.1, 0.15) is 43.9 Å². The maximum absolute atomic E-state index is 10.9. The summed E-state index contributed by atoms with van der Waals surface area (Å²) in [5.41, 5.74) is 3.06. The van der Waals surface area contributed by atoms with Gasteiger partial charge >= 0.3 is 5.97 Å². The Morgan fingerprint density at radius 3 is 2.75 bits per heavy atom. The number of para-hydroxylation sites is 1. The molecule has 3 rings (SSSR count). The molecule has 4 heteroatoms. The smallest absolute Gasteiger partial charge is 0.303 e. The van der Waals surface area contributed by atoms with Crippen LogP contribution in [0.15, 0.2) is 60.7 Å². The Labute approximate surface area is 166 Å². The minimum Gasteiger partial charge on any atom is -0.487 e. The minimum absolute atomic E-state index is 0.231. The predicted octanol–water partition coefficient (Wildman–Crippen LogP) is 5.64. The second kappa shape index (κ2) is 9.88. The van der Waals surface area contributed by atoms with Crippen molar-refractivity contribution in [1.29, 1.82) is 0 Å². The molecule has 0 saturated heterocycles. The van der Waals surface area contributed by atoms with Gasteiger partial charge in [-0.1, -0.05) is 56.2 Å². The molecular weight excluding hydrogens is 350 g/mol. The molecule has 3 aromatic rings. The summed E-state index contributed by atoms with van der Waals surface area (Å²) in [5.74, 6) is 0.487. The first-order chi connectivity index (χ1) is 13.6. The Morgan fingerprint density at radius 2 is 1.93 bits per heavy atom. The van der Waals surface area contributed by atoms with Crippen LogP contribution in [-0.2, 0) is 17.8 Å². The van der Waals surface area contributed by atoms with Gasteiger partial charge in [0.1, 0.15) is 12.4 Å². The first kappa shape index (κ1) is 19.9. The van der Waals surface area contributed by atoms with Crippen molar-refractivity contribution >= 4 is 16.9 Å². The second-order valence-corrected chi connectivity index (χ2v) is 7.22. The lowest BCUT2D eigenvalue weighted by Gasteiger charge is -2.16. The number of fused-ring (bicyclic) bond motifs is 1. The van der Waals surface area contributed by atoms with Gasteiger partial charge in [-0.2, -0.15) is 0 Å². The van der Waals surface area contributed by atoms with Gasteiger partial charge < -0.3 is 9.84 Å². The van der Waals surface area contributed by atoms with Crippen LogP contribution in [0.2, 0.25) is 0 Å². The van der Waals surface area contributed by atoms with Gasteiger partial charge in [-0.25, -0.2) is 4.98 Å². The molecule has 1 unspecified atom stereocenters. The van der Waals surface area contributed by atoms with Crippen LogP contribution in [0, 0.1) is 5.92 Å². The van der Waals surface area contributed by atoms with Crippen molar-refractivity contribution in [2.75, 3.05) is 0 Å². The molecule has 0 bridgehead atoms. The molecule has 1 heterocycles. The van der Waals surface area contributed by atoms with Crippen LogP contribution in [0.4, 0.5) is 0 Å². The third-order valence-corrected chi connectivity index (χ3v) is 4.93. The molecule has 0 aliphatic rings. The van der Waals surface area contributed by atoms with Crippen molar-refractivity contribution in [2.24, 2.45) is 5.92 Å². The average molecular weight is 377 g/mol. The standard InChI is InChI=1S/C24H27NO3/c1-2-6-18(11-14-24(26)27)15-19-7-5-9-22(16-19)28-17-21-13-12-20-8-3-4-10-23(20)25-21/h3-5,7-10,12-13,16,18H,2,6,11,14-15,17H2,1H3,(H,26,27). The van der Waals surface area contributed by atoms with Gasteiger partial charge in [0, 0.05) is 11.8 Å². The predicted molar refractivity (Wildman–Crippen MR) is 111 cm³/mol. The summed E-state index contributed by atoms with van der Waals surface area (Å²) in [7, 11) is 0. The zero-order valence-electron chi connectivity index (χ0n) is 16.3. The SMILES string of the molecule is CCCC(CCC(=O)O)Cc1cccc(OCc2ccc3ccccc3n2)c1. The number of carbonyl (C=O) groups is 1. The lowest BCUT2D eigenvalue weighted by atomic mass is 9.91. The molecule has 0 aliphatic heterocycles. The average Bonchev–Trinajstić information content (AvgIpc) is 2.71. The van der Waals surface area contributed by atoms with E-state index in [1.54, 1.807) is 0 Å². The number of pyridine rings is 1. The summed E-state index contributed by atoms with van der Waals surface area (Å²) < 4.78 is 5.96. The fourth-order valence-electron chi connectivity index (χ4n) is 3.53. The Kier molecular flexibility index (Phi) is 7.01. The van der Waals surface area contributed by atoms with E-state index in [-0.39, 0.29) is 6.42 Å². The lowest BCUT2D eigenvalue weighted by Crippen LogP contribution is -2.08. The normalized spacial score (nSPS) is 12.0. The van der Waals surface area contributed by atoms with Gasteiger partial charge in [0.05, 0.1) is 11.2 Å². The molecule has 4 nitrogen and oxygen atoms in total. The summed E-state index contributed by atoms with van der Waals surface area (Å²) in [6.07, 6.45) is 3.93. The Bertz CT molecular complexity index is 922. The number of hydrogen-bond acceptors (Lipinski definition) is 3. The summed E-state index contributed by atoms with van der Waals surface area (Å²) in [5, 5.41) is 10.1. The third-order valence-electron chi connectivity index (χ3n) is 4.93. The quantitative estimate of drug-likeness (QED) is 0.497. The van der Waals surface area contributed by atoms with Crippen molar-refractivity contribution < 1.29 is 14.6 Å². The fraction of sp³-hybridized carbons (Fsp3) is 0.333. The number of carboxylic acids is 1. The maximum Gasteiger partial charge on any atom is 0.303 e.